The summed E-state index contributed by atoms with van der Waals surface area (Å²) in [5, 5.41) is 12.7. The van der Waals surface area contributed by atoms with Crippen molar-refractivity contribution < 1.29 is 5.11 Å². The highest BCUT2D eigenvalue weighted by atomic mass is 127. The molecule has 0 aliphatic heterocycles. The quantitative estimate of drug-likeness (QED) is 0.432. The molecule has 1 aromatic carbocycles. The van der Waals surface area contributed by atoms with Gasteiger partial charge in [-0.2, -0.15) is 0 Å². The van der Waals surface area contributed by atoms with E-state index in [9.17, 15) is 5.11 Å². The number of nitrogens with two attached hydrogens (primary N) is 1. The van der Waals surface area contributed by atoms with Gasteiger partial charge in [0.15, 0.2) is 5.96 Å². The summed E-state index contributed by atoms with van der Waals surface area (Å²) < 4.78 is 0. The second kappa shape index (κ2) is 7.69. The van der Waals surface area contributed by atoms with Crippen LogP contribution in [-0.4, -0.2) is 23.7 Å². The molecular weight excluding hydrogens is 353 g/mol. The van der Waals surface area contributed by atoms with Gasteiger partial charge >= 0.3 is 0 Å². The van der Waals surface area contributed by atoms with Crippen LogP contribution in [0.3, 0.4) is 0 Å². The minimum Gasteiger partial charge on any atom is -0.393 e. The number of benzene rings is 1. The van der Waals surface area contributed by atoms with Crippen LogP contribution in [0.2, 0.25) is 0 Å². The molecule has 1 aliphatic rings. The van der Waals surface area contributed by atoms with Gasteiger partial charge in [0.05, 0.1) is 6.10 Å². The molecule has 0 spiro atoms. The van der Waals surface area contributed by atoms with E-state index < -0.39 is 0 Å². The second-order valence-electron chi connectivity index (χ2n) is 4.98. The summed E-state index contributed by atoms with van der Waals surface area (Å²) in [6, 6.07) is 8.00. The molecule has 2 unspecified atom stereocenters. The maximum atomic E-state index is 9.69. The first-order valence-electron chi connectivity index (χ1n) is 6.47. The summed E-state index contributed by atoms with van der Waals surface area (Å²) in [6.45, 7) is 2.65. The van der Waals surface area contributed by atoms with Gasteiger partial charge in [0.2, 0.25) is 0 Å². The molecule has 2 rings (SSSR count). The Balaban J connectivity index is 0.00000180. The Hall–Kier alpha value is -0.820. The molecule has 0 saturated heterocycles. The lowest BCUT2D eigenvalue weighted by Gasteiger charge is -2.12. The number of anilines is 1. The molecule has 0 bridgehead atoms. The first-order valence-corrected chi connectivity index (χ1v) is 6.47. The normalized spacial score (nSPS) is 22.9. The molecule has 1 fully saturated rings. The maximum Gasteiger partial charge on any atom is 0.193 e. The van der Waals surface area contributed by atoms with Crippen LogP contribution in [0.5, 0.6) is 0 Å². The van der Waals surface area contributed by atoms with E-state index in [4.69, 9.17) is 5.73 Å². The van der Waals surface area contributed by atoms with E-state index in [1.807, 2.05) is 31.2 Å². The average Bonchev–Trinajstić information content (AvgIpc) is 2.75. The Morgan fingerprint density at radius 2 is 2.05 bits per heavy atom. The van der Waals surface area contributed by atoms with E-state index in [2.05, 4.69) is 10.3 Å². The van der Waals surface area contributed by atoms with Gasteiger partial charge in [-0.15, -0.1) is 24.0 Å². The Morgan fingerprint density at radius 1 is 1.37 bits per heavy atom. The largest absolute Gasteiger partial charge is 0.393 e. The SMILES string of the molecule is Cc1ccc(NC(N)=NCC2CCCC2O)cc1.I. The van der Waals surface area contributed by atoms with Crippen molar-refractivity contribution in [1.29, 1.82) is 0 Å². The van der Waals surface area contributed by atoms with Crippen LogP contribution in [0.25, 0.3) is 0 Å². The van der Waals surface area contributed by atoms with Crippen molar-refractivity contribution in [3.63, 3.8) is 0 Å². The lowest BCUT2D eigenvalue weighted by atomic mass is 10.1. The maximum absolute atomic E-state index is 9.69. The zero-order valence-electron chi connectivity index (χ0n) is 11.2. The first-order chi connectivity index (χ1) is 8.65. The molecule has 4 N–H and O–H groups in total. The number of aliphatic hydroxyl groups is 1. The van der Waals surface area contributed by atoms with Crippen molar-refractivity contribution in [2.75, 3.05) is 11.9 Å². The van der Waals surface area contributed by atoms with Crippen molar-refractivity contribution in [3.05, 3.63) is 29.8 Å². The van der Waals surface area contributed by atoms with Gasteiger partial charge in [-0.05, 0) is 31.9 Å². The molecule has 1 aromatic rings. The van der Waals surface area contributed by atoms with Crippen LogP contribution in [0.1, 0.15) is 24.8 Å². The highest BCUT2D eigenvalue weighted by Gasteiger charge is 2.24. The van der Waals surface area contributed by atoms with Gasteiger partial charge in [0.25, 0.3) is 0 Å². The predicted molar refractivity (Wildman–Crippen MR) is 90.1 cm³/mol. The number of hydrogen-bond acceptors (Lipinski definition) is 2. The van der Waals surface area contributed by atoms with Crippen LogP contribution >= 0.6 is 24.0 Å². The average molecular weight is 375 g/mol. The second-order valence-corrected chi connectivity index (χ2v) is 4.98. The fourth-order valence-electron chi connectivity index (χ4n) is 2.27. The lowest BCUT2D eigenvalue weighted by molar-refractivity contribution is 0.137. The molecule has 19 heavy (non-hydrogen) atoms. The number of nitrogens with zero attached hydrogens (tertiary/aromatic N) is 1. The number of aryl methyl sites for hydroxylation is 1. The van der Waals surface area contributed by atoms with Crippen molar-refractivity contribution in [2.45, 2.75) is 32.3 Å². The highest BCUT2D eigenvalue weighted by molar-refractivity contribution is 14.0. The molecule has 0 heterocycles. The number of rotatable bonds is 3. The lowest BCUT2D eigenvalue weighted by Crippen LogP contribution is -2.25. The van der Waals surface area contributed by atoms with E-state index in [0.717, 1.165) is 24.9 Å². The highest BCUT2D eigenvalue weighted by Crippen LogP contribution is 2.25. The van der Waals surface area contributed by atoms with E-state index in [-0.39, 0.29) is 36.0 Å². The zero-order valence-corrected chi connectivity index (χ0v) is 13.5. The summed E-state index contributed by atoms with van der Waals surface area (Å²) in [5.74, 6) is 0.682. The smallest absolute Gasteiger partial charge is 0.193 e. The molecule has 4 nitrogen and oxygen atoms in total. The summed E-state index contributed by atoms with van der Waals surface area (Å²) >= 11 is 0. The van der Waals surface area contributed by atoms with Crippen LogP contribution in [0, 0.1) is 12.8 Å². The number of guanidine groups is 1. The number of halogens is 1. The summed E-state index contributed by atoms with van der Waals surface area (Å²) in [6.07, 6.45) is 2.82. The summed E-state index contributed by atoms with van der Waals surface area (Å²) in [7, 11) is 0. The van der Waals surface area contributed by atoms with Crippen LogP contribution in [-0.2, 0) is 0 Å². The van der Waals surface area contributed by atoms with Crippen LogP contribution in [0.15, 0.2) is 29.3 Å². The monoisotopic (exact) mass is 375 g/mol. The Kier molecular flexibility index (Phi) is 6.57. The minimum absolute atomic E-state index is 0. The zero-order chi connectivity index (χ0) is 13.0. The van der Waals surface area contributed by atoms with Gasteiger partial charge in [-0.3, -0.25) is 4.99 Å². The van der Waals surface area contributed by atoms with Gasteiger partial charge in [-0.1, -0.05) is 24.1 Å². The third kappa shape index (κ3) is 4.99. The fraction of sp³-hybridized carbons (Fsp3) is 0.500. The van der Waals surface area contributed by atoms with E-state index in [0.29, 0.717) is 12.5 Å². The third-order valence-corrected chi connectivity index (χ3v) is 3.44. The molecule has 0 aromatic heterocycles. The molecule has 1 saturated carbocycles. The number of aliphatic imine (C=N–C) groups is 1. The number of aliphatic hydroxyl groups excluding tert-OH is 1. The van der Waals surface area contributed by atoms with E-state index in [1.165, 1.54) is 5.56 Å². The number of hydrogen-bond donors (Lipinski definition) is 3. The van der Waals surface area contributed by atoms with Gasteiger partial charge in [0.1, 0.15) is 0 Å². The Bertz CT molecular complexity index is 419. The topological polar surface area (TPSA) is 70.6 Å². The molecule has 1 aliphatic carbocycles. The molecule has 5 heteroatoms. The Morgan fingerprint density at radius 3 is 2.63 bits per heavy atom. The van der Waals surface area contributed by atoms with Crippen molar-refractivity contribution >= 4 is 35.6 Å². The molecule has 106 valence electrons. The van der Waals surface area contributed by atoms with Crippen LogP contribution < -0.4 is 11.1 Å². The van der Waals surface area contributed by atoms with Crippen molar-refractivity contribution in [2.24, 2.45) is 16.6 Å². The van der Waals surface area contributed by atoms with Gasteiger partial charge in [-0.25, -0.2) is 0 Å². The molecular formula is C14H22IN3O. The van der Waals surface area contributed by atoms with Crippen LogP contribution in [0.4, 0.5) is 5.69 Å². The first kappa shape index (κ1) is 16.2. The summed E-state index contributed by atoms with van der Waals surface area (Å²) in [4.78, 5) is 4.30. The van der Waals surface area contributed by atoms with Crippen molar-refractivity contribution in [3.8, 4) is 0 Å². The van der Waals surface area contributed by atoms with E-state index in [1.54, 1.807) is 0 Å². The molecule has 0 radical (unpaired) electrons. The molecule has 2 atom stereocenters. The fourth-order valence-corrected chi connectivity index (χ4v) is 2.27. The third-order valence-electron chi connectivity index (χ3n) is 3.44. The molecule has 0 amide bonds. The Labute approximate surface area is 131 Å². The van der Waals surface area contributed by atoms with Gasteiger partial charge < -0.3 is 16.2 Å². The van der Waals surface area contributed by atoms with Gasteiger partial charge in [0, 0.05) is 18.2 Å². The standard InChI is InChI=1S/C14H21N3O.HI/c1-10-5-7-12(8-6-10)17-14(15)16-9-11-3-2-4-13(11)18;/h5-8,11,13,18H,2-4,9H2,1H3,(H3,15,16,17);1H. The minimum atomic E-state index is -0.207. The summed E-state index contributed by atoms with van der Waals surface area (Å²) in [5.41, 5.74) is 7.98. The van der Waals surface area contributed by atoms with Crippen molar-refractivity contribution in [1.82, 2.24) is 0 Å². The number of nitrogens with one attached hydrogen (secondary N) is 1. The van der Waals surface area contributed by atoms with E-state index >= 15 is 0 Å². The predicted octanol–water partition coefficient (Wildman–Crippen LogP) is 2.50.